The molecule has 1 aliphatic carbocycles. The van der Waals surface area contributed by atoms with Crippen LogP contribution in [-0.4, -0.2) is 4.98 Å². The van der Waals surface area contributed by atoms with Crippen LogP contribution in [0, 0.1) is 10.7 Å². The first-order valence-electron chi connectivity index (χ1n) is 15.3. The summed E-state index contributed by atoms with van der Waals surface area (Å²) in [5.74, 6) is 0. The third-order valence-electron chi connectivity index (χ3n) is 8.75. The van der Waals surface area contributed by atoms with E-state index in [-0.39, 0.29) is 0 Å². The first-order chi connectivity index (χ1) is 22.3. The number of halogens is 1. The van der Waals surface area contributed by atoms with E-state index in [1.807, 2.05) is 0 Å². The van der Waals surface area contributed by atoms with E-state index < -0.39 is 19.8 Å². The molecule has 6 aromatic carbocycles. The summed E-state index contributed by atoms with van der Waals surface area (Å²) < 4.78 is 4.51. The number of pyridine rings is 1. The minimum atomic E-state index is -1.79. The number of aromatic nitrogens is 1. The maximum absolute atomic E-state index is 5.21. The number of hydrogen-bond donors (Lipinski definition) is 0. The third-order valence-corrected chi connectivity index (χ3v) is 14.9. The molecule has 1 aromatic heterocycles. The molecular formula is C43H28IN. The van der Waals surface area contributed by atoms with Gasteiger partial charge in [-0.25, -0.2) is 0 Å². The minimum absolute atomic E-state index is 0.987. The van der Waals surface area contributed by atoms with Gasteiger partial charge in [0.2, 0.25) is 0 Å². The standard InChI is InChI=1S/C43H28IN/c1-3-18-35-33(16-1)34-17-2-4-19-36(34)39(35)27-29-12-9-13-30(26-29)42-24-11-25-43(45-42)31-14-10-15-32(28-31)44-40-22-7-5-20-37(40)38-21-6-8-23-41(38)44/h1-28H. The Hall–Kier alpha value is -5.06. The molecule has 212 valence electrons. The molecule has 2 aliphatic rings. The topological polar surface area (TPSA) is 12.9 Å². The van der Waals surface area contributed by atoms with Gasteiger partial charge in [0, 0.05) is 0 Å². The summed E-state index contributed by atoms with van der Waals surface area (Å²) in [6.45, 7) is 0. The summed E-state index contributed by atoms with van der Waals surface area (Å²) in [6, 6.07) is 59.7. The number of nitrogens with zero attached hydrogens (tertiary/aromatic N) is 1. The van der Waals surface area contributed by atoms with Gasteiger partial charge >= 0.3 is 213 Å². The van der Waals surface area contributed by atoms with Crippen molar-refractivity contribution in [3.05, 3.63) is 191 Å². The van der Waals surface area contributed by atoms with Crippen LogP contribution in [0.25, 0.3) is 56.4 Å². The average molecular weight is 686 g/mol. The average Bonchev–Trinajstić information content (AvgIpc) is 3.61. The van der Waals surface area contributed by atoms with Gasteiger partial charge < -0.3 is 0 Å². The van der Waals surface area contributed by atoms with Crippen molar-refractivity contribution in [1.29, 1.82) is 0 Å². The van der Waals surface area contributed by atoms with Crippen LogP contribution in [0.5, 0.6) is 0 Å². The Morgan fingerprint density at radius 2 is 0.889 bits per heavy atom. The Labute approximate surface area is 271 Å². The van der Waals surface area contributed by atoms with Crippen molar-refractivity contribution in [1.82, 2.24) is 4.98 Å². The first kappa shape index (κ1) is 26.4. The van der Waals surface area contributed by atoms with Crippen molar-refractivity contribution in [3.8, 4) is 44.8 Å². The molecule has 0 saturated carbocycles. The summed E-state index contributed by atoms with van der Waals surface area (Å²) in [4.78, 5) is 5.21. The van der Waals surface area contributed by atoms with Crippen LogP contribution in [0.3, 0.4) is 0 Å². The SMILES string of the molecule is C(=C1c2ccccc2-c2ccccc21)c1cccc(-c2cccc(-c3cccc(I4c5ccccc5-c5ccccc54)c3)n2)c1. The fourth-order valence-corrected chi connectivity index (χ4v) is 13.1. The van der Waals surface area contributed by atoms with Gasteiger partial charge in [-0.15, -0.1) is 0 Å². The number of benzene rings is 6. The Kier molecular flexibility index (Phi) is 6.34. The van der Waals surface area contributed by atoms with Crippen LogP contribution in [0.2, 0.25) is 0 Å². The number of fused-ring (bicyclic) bond motifs is 6. The molecule has 0 atom stereocenters. The van der Waals surface area contributed by atoms with Gasteiger partial charge in [-0.05, 0) is 11.1 Å². The quantitative estimate of drug-likeness (QED) is 0.168. The Morgan fingerprint density at radius 1 is 0.400 bits per heavy atom. The van der Waals surface area contributed by atoms with Crippen molar-refractivity contribution in [2.75, 3.05) is 0 Å². The van der Waals surface area contributed by atoms with E-state index in [1.54, 1.807) is 0 Å². The molecule has 7 aromatic rings. The van der Waals surface area contributed by atoms with Gasteiger partial charge in [0.25, 0.3) is 0 Å². The Balaban J connectivity index is 1.08. The molecule has 0 saturated heterocycles. The molecule has 0 fully saturated rings. The van der Waals surface area contributed by atoms with E-state index in [2.05, 4.69) is 170 Å². The van der Waals surface area contributed by atoms with Gasteiger partial charge in [0.15, 0.2) is 0 Å². The second-order valence-corrected chi connectivity index (χ2v) is 16.6. The van der Waals surface area contributed by atoms with E-state index in [0.29, 0.717) is 0 Å². The molecule has 45 heavy (non-hydrogen) atoms. The summed E-state index contributed by atoms with van der Waals surface area (Å²) in [6.07, 6.45) is 2.32. The normalized spacial score (nSPS) is 13.2. The van der Waals surface area contributed by atoms with Crippen molar-refractivity contribution >= 4 is 31.5 Å². The summed E-state index contributed by atoms with van der Waals surface area (Å²) >= 11 is -1.79. The summed E-state index contributed by atoms with van der Waals surface area (Å²) in [5, 5.41) is 0. The second-order valence-electron chi connectivity index (χ2n) is 11.4. The van der Waals surface area contributed by atoms with Crippen molar-refractivity contribution < 1.29 is 0 Å². The van der Waals surface area contributed by atoms with Crippen LogP contribution in [0.1, 0.15) is 16.7 Å². The summed E-state index contributed by atoms with van der Waals surface area (Å²) in [5.41, 5.74) is 14.7. The van der Waals surface area contributed by atoms with Gasteiger partial charge in [-0.2, -0.15) is 0 Å². The molecule has 0 unspecified atom stereocenters. The fraction of sp³-hybridized carbons (Fsp3) is 0. The van der Waals surface area contributed by atoms with E-state index in [9.17, 15) is 0 Å². The zero-order chi connectivity index (χ0) is 29.7. The molecule has 0 amide bonds. The maximum atomic E-state index is 5.21. The molecule has 9 rings (SSSR count). The molecule has 1 aliphatic heterocycles. The molecule has 0 bridgehead atoms. The Morgan fingerprint density at radius 3 is 1.51 bits per heavy atom. The molecule has 0 radical (unpaired) electrons. The predicted octanol–water partition coefficient (Wildman–Crippen LogP) is 11.4. The van der Waals surface area contributed by atoms with E-state index >= 15 is 0 Å². The van der Waals surface area contributed by atoms with Gasteiger partial charge in [0.05, 0.1) is 0 Å². The number of rotatable bonds is 4. The second kappa shape index (κ2) is 10.8. The molecule has 2 heterocycles. The molecular weight excluding hydrogens is 657 g/mol. The Bertz CT molecular complexity index is 2200. The molecule has 0 N–H and O–H groups in total. The fourth-order valence-electron chi connectivity index (χ4n) is 6.72. The first-order valence-corrected chi connectivity index (χ1v) is 18.5. The molecule has 1 nitrogen and oxygen atoms in total. The van der Waals surface area contributed by atoms with Crippen molar-refractivity contribution in [2.45, 2.75) is 0 Å². The van der Waals surface area contributed by atoms with Crippen LogP contribution < -0.4 is 0 Å². The van der Waals surface area contributed by atoms with Gasteiger partial charge in [0.1, 0.15) is 0 Å². The van der Waals surface area contributed by atoms with Crippen LogP contribution in [0.4, 0.5) is 0 Å². The molecule has 2 heteroatoms. The predicted molar refractivity (Wildman–Crippen MR) is 196 cm³/mol. The van der Waals surface area contributed by atoms with E-state index in [4.69, 9.17) is 4.98 Å². The number of hydrogen-bond acceptors (Lipinski definition) is 1. The summed E-state index contributed by atoms with van der Waals surface area (Å²) in [7, 11) is 0. The third kappa shape index (κ3) is 4.48. The van der Waals surface area contributed by atoms with E-state index in [1.165, 1.54) is 60.8 Å². The van der Waals surface area contributed by atoms with Gasteiger partial charge in [-0.1, -0.05) is 48.5 Å². The van der Waals surface area contributed by atoms with Crippen molar-refractivity contribution in [3.63, 3.8) is 0 Å². The zero-order valence-corrected chi connectivity index (χ0v) is 26.6. The van der Waals surface area contributed by atoms with Crippen LogP contribution >= 0.6 is 19.8 Å². The molecule has 0 spiro atoms. The van der Waals surface area contributed by atoms with E-state index in [0.717, 1.165) is 17.0 Å². The van der Waals surface area contributed by atoms with Crippen LogP contribution in [0.15, 0.2) is 164 Å². The van der Waals surface area contributed by atoms with Crippen molar-refractivity contribution in [2.24, 2.45) is 0 Å². The van der Waals surface area contributed by atoms with Gasteiger partial charge in [-0.3, -0.25) is 0 Å². The van der Waals surface area contributed by atoms with Crippen LogP contribution in [-0.2, 0) is 0 Å². The zero-order valence-electron chi connectivity index (χ0n) is 24.5. The monoisotopic (exact) mass is 685 g/mol.